The highest BCUT2D eigenvalue weighted by Crippen LogP contribution is 2.35. The quantitative estimate of drug-likeness (QED) is 0.319. The molecule has 8 nitrogen and oxygen atoms in total. The van der Waals surface area contributed by atoms with Crippen LogP contribution in [0.3, 0.4) is 0 Å². The van der Waals surface area contributed by atoms with Gasteiger partial charge in [0.25, 0.3) is 0 Å². The third-order valence-corrected chi connectivity index (χ3v) is 6.37. The van der Waals surface area contributed by atoms with E-state index in [1.807, 2.05) is 24.3 Å². The van der Waals surface area contributed by atoms with E-state index in [-0.39, 0.29) is 5.95 Å². The van der Waals surface area contributed by atoms with Crippen LogP contribution >= 0.6 is 0 Å². The number of anilines is 3. The Morgan fingerprint density at radius 2 is 1.70 bits per heavy atom. The Bertz CT molecular complexity index is 1260. The number of hydrogen-bond donors (Lipinski definition) is 4. The smallest absolute Gasteiger partial charge is 0.224 e. The molecule has 1 aliphatic carbocycles. The molecule has 0 atom stereocenters. The Kier molecular flexibility index (Phi) is 5.83. The zero-order valence-electron chi connectivity index (χ0n) is 18.7. The van der Waals surface area contributed by atoms with Crippen LogP contribution in [0.1, 0.15) is 43.1 Å². The van der Waals surface area contributed by atoms with Crippen LogP contribution in [0.4, 0.5) is 17.5 Å². The predicted molar refractivity (Wildman–Crippen MR) is 134 cm³/mol. The zero-order valence-corrected chi connectivity index (χ0v) is 18.7. The Morgan fingerprint density at radius 1 is 0.939 bits per heavy atom. The lowest BCUT2D eigenvalue weighted by Crippen LogP contribution is -2.14. The van der Waals surface area contributed by atoms with Crippen LogP contribution in [0.2, 0.25) is 0 Å². The van der Waals surface area contributed by atoms with Crippen LogP contribution in [-0.4, -0.2) is 26.1 Å². The number of fused-ring (bicyclic) bond motifs is 1. The molecule has 0 spiro atoms. The van der Waals surface area contributed by atoms with Crippen molar-refractivity contribution in [2.24, 2.45) is 5.73 Å². The van der Waals surface area contributed by atoms with Crippen LogP contribution in [0.25, 0.3) is 22.3 Å². The highest BCUT2D eigenvalue weighted by molar-refractivity contribution is 5.85. The van der Waals surface area contributed by atoms with Crippen molar-refractivity contribution in [1.29, 1.82) is 0 Å². The lowest BCUT2D eigenvalue weighted by molar-refractivity contribution is 0.507. The minimum absolute atomic E-state index is 0.248. The molecule has 1 fully saturated rings. The van der Waals surface area contributed by atoms with E-state index >= 15 is 0 Å². The van der Waals surface area contributed by atoms with E-state index in [1.165, 1.54) is 12.8 Å². The number of hydrogen-bond acceptors (Lipinski definition) is 7. The van der Waals surface area contributed by atoms with Gasteiger partial charge in [-0.2, -0.15) is 9.97 Å². The third-order valence-electron chi connectivity index (χ3n) is 6.37. The van der Waals surface area contributed by atoms with Gasteiger partial charge in [-0.1, -0.05) is 55.3 Å². The normalized spacial score (nSPS) is 14.2. The Balaban J connectivity index is 1.42. The minimum atomic E-state index is 0.248. The van der Waals surface area contributed by atoms with Crippen molar-refractivity contribution in [1.82, 2.24) is 19.5 Å². The topological polar surface area (TPSA) is 134 Å². The van der Waals surface area contributed by atoms with Crippen molar-refractivity contribution >= 4 is 28.6 Å². The molecular formula is C25H30N8. The molecule has 0 aliphatic heterocycles. The van der Waals surface area contributed by atoms with E-state index in [0.717, 1.165) is 52.2 Å². The molecule has 5 rings (SSSR count). The Hall–Kier alpha value is -3.65. The number of nitrogens with two attached hydrogens (primary N) is 3. The Labute approximate surface area is 193 Å². The SMILES string of the molecule is NCCc1nc2c(NCc3ccc(-c4ccccc4N)cc3)nc(N)nc2n1C1CCCC1. The average Bonchev–Trinajstić information content (AvgIpc) is 3.46. The van der Waals surface area contributed by atoms with E-state index < -0.39 is 0 Å². The molecular weight excluding hydrogens is 412 g/mol. The first kappa shape index (κ1) is 21.2. The van der Waals surface area contributed by atoms with Crippen molar-refractivity contribution < 1.29 is 0 Å². The predicted octanol–water partition coefficient (Wildman–Crippen LogP) is 3.89. The second kappa shape index (κ2) is 9.07. The monoisotopic (exact) mass is 442 g/mol. The molecule has 0 amide bonds. The maximum atomic E-state index is 6.12. The molecule has 2 aromatic carbocycles. The van der Waals surface area contributed by atoms with Crippen LogP contribution in [-0.2, 0) is 13.0 Å². The number of imidazole rings is 1. The number of para-hydroxylation sites is 1. The molecule has 8 heteroatoms. The fourth-order valence-electron chi connectivity index (χ4n) is 4.76. The number of nitrogens with one attached hydrogen (secondary N) is 1. The van der Waals surface area contributed by atoms with Crippen molar-refractivity contribution in [2.45, 2.75) is 44.7 Å². The largest absolute Gasteiger partial charge is 0.398 e. The molecule has 2 heterocycles. The number of nitrogens with zero attached hydrogens (tertiary/aromatic N) is 4. The summed E-state index contributed by atoms with van der Waals surface area (Å²) in [5, 5.41) is 3.43. The van der Waals surface area contributed by atoms with Gasteiger partial charge in [0.15, 0.2) is 17.0 Å². The first-order chi connectivity index (χ1) is 16.1. The highest BCUT2D eigenvalue weighted by Gasteiger charge is 2.25. The van der Waals surface area contributed by atoms with Crippen LogP contribution < -0.4 is 22.5 Å². The molecule has 0 unspecified atom stereocenters. The molecule has 7 N–H and O–H groups in total. The Morgan fingerprint density at radius 3 is 2.42 bits per heavy atom. The van der Waals surface area contributed by atoms with Crippen LogP contribution in [0, 0.1) is 0 Å². The number of rotatable bonds is 7. The van der Waals surface area contributed by atoms with Crippen molar-refractivity contribution in [3.05, 3.63) is 59.9 Å². The maximum absolute atomic E-state index is 6.12. The fraction of sp³-hybridized carbons (Fsp3) is 0.320. The third kappa shape index (κ3) is 4.21. The van der Waals surface area contributed by atoms with Gasteiger partial charge in [-0.15, -0.1) is 0 Å². The van der Waals surface area contributed by atoms with Gasteiger partial charge in [-0.3, -0.25) is 0 Å². The van der Waals surface area contributed by atoms with Gasteiger partial charge in [0, 0.05) is 30.3 Å². The molecule has 170 valence electrons. The lowest BCUT2D eigenvalue weighted by Gasteiger charge is -2.15. The average molecular weight is 443 g/mol. The van der Waals surface area contributed by atoms with Gasteiger partial charge in [0.1, 0.15) is 5.82 Å². The van der Waals surface area contributed by atoms with Crippen molar-refractivity contribution in [3.63, 3.8) is 0 Å². The summed E-state index contributed by atoms with van der Waals surface area (Å²) in [5.74, 6) is 1.87. The molecule has 0 radical (unpaired) electrons. The standard InChI is InChI=1S/C25H30N8/c26-14-13-21-30-22-23(31-25(28)32-24(22)33(21)18-5-1-2-6-18)29-15-16-9-11-17(12-10-16)19-7-3-4-8-20(19)27/h3-4,7-12,18H,1-2,5-6,13-15,26-27H2,(H3,28,29,31,32). The zero-order chi connectivity index (χ0) is 22.8. The van der Waals surface area contributed by atoms with Gasteiger partial charge >= 0.3 is 0 Å². The van der Waals surface area contributed by atoms with Gasteiger partial charge in [0.05, 0.1) is 0 Å². The molecule has 0 bridgehead atoms. The van der Waals surface area contributed by atoms with Crippen LogP contribution in [0.15, 0.2) is 48.5 Å². The van der Waals surface area contributed by atoms with Crippen molar-refractivity contribution in [3.8, 4) is 11.1 Å². The summed E-state index contributed by atoms with van der Waals surface area (Å²) in [6.07, 6.45) is 5.42. The van der Waals surface area contributed by atoms with E-state index in [4.69, 9.17) is 22.2 Å². The summed E-state index contributed by atoms with van der Waals surface area (Å²) in [6.45, 7) is 1.14. The van der Waals surface area contributed by atoms with E-state index in [0.29, 0.717) is 31.4 Å². The summed E-state index contributed by atoms with van der Waals surface area (Å²) in [4.78, 5) is 13.9. The fourth-order valence-corrected chi connectivity index (χ4v) is 4.76. The number of nitrogen functional groups attached to an aromatic ring is 2. The number of benzene rings is 2. The highest BCUT2D eigenvalue weighted by atomic mass is 15.2. The summed E-state index contributed by atoms with van der Waals surface area (Å²) < 4.78 is 2.25. The second-order valence-electron chi connectivity index (χ2n) is 8.62. The first-order valence-corrected chi connectivity index (χ1v) is 11.6. The molecule has 1 saturated carbocycles. The minimum Gasteiger partial charge on any atom is -0.398 e. The summed E-state index contributed by atoms with van der Waals surface area (Å²) in [7, 11) is 0. The van der Waals surface area contributed by atoms with Crippen LogP contribution in [0.5, 0.6) is 0 Å². The summed E-state index contributed by atoms with van der Waals surface area (Å²) >= 11 is 0. The molecule has 1 aliphatic rings. The van der Waals surface area contributed by atoms with Gasteiger partial charge in [-0.05, 0) is 36.6 Å². The summed E-state index contributed by atoms with van der Waals surface area (Å²) in [6, 6.07) is 16.6. The summed E-state index contributed by atoms with van der Waals surface area (Å²) in [5.41, 5.74) is 23.7. The molecule has 4 aromatic rings. The van der Waals surface area contributed by atoms with E-state index in [9.17, 15) is 0 Å². The molecule has 33 heavy (non-hydrogen) atoms. The van der Waals surface area contributed by atoms with E-state index in [2.05, 4.69) is 44.1 Å². The lowest BCUT2D eigenvalue weighted by atomic mass is 10.0. The molecule has 0 saturated heterocycles. The van der Waals surface area contributed by atoms with Crippen molar-refractivity contribution in [2.75, 3.05) is 23.3 Å². The number of aromatic nitrogens is 4. The van der Waals surface area contributed by atoms with Gasteiger partial charge < -0.3 is 27.1 Å². The second-order valence-corrected chi connectivity index (χ2v) is 8.62. The molecule has 2 aromatic heterocycles. The first-order valence-electron chi connectivity index (χ1n) is 11.6. The van der Waals surface area contributed by atoms with Gasteiger partial charge in [-0.25, -0.2) is 4.98 Å². The maximum Gasteiger partial charge on any atom is 0.224 e. The van der Waals surface area contributed by atoms with Gasteiger partial charge in [0.2, 0.25) is 5.95 Å². The van der Waals surface area contributed by atoms with E-state index in [1.54, 1.807) is 0 Å².